The minimum Gasteiger partial charge on any atom is -0.454 e. The number of fused-ring (bicyclic) bond motifs is 2. The van der Waals surface area contributed by atoms with Gasteiger partial charge in [-0.2, -0.15) is 0 Å². The minimum atomic E-state index is -0.410. The molecule has 4 rings (SSSR count). The van der Waals surface area contributed by atoms with Crippen LogP contribution in [0.4, 0.5) is 0 Å². The number of carbonyl (C=O) groups is 1. The number of rotatable bonds is 5. The van der Waals surface area contributed by atoms with E-state index < -0.39 is 6.04 Å². The molecule has 2 aliphatic rings. The molecule has 0 unspecified atom stereocenters. The third-order valence-corrected chi connectivity index (χ3v) is 5.26. The predicted molar refractivity (Wildman–Crippen MR) is 98.6 cm³/mol. The van der Waals surface area contributed by atoms with Gasteiger partial charge in [-0.1, -0.05) is 11.2 Å². The molecule has 1 aromatic carbocycles. The summed E-state index contributed by atoms with van der Waals surface area (Å²) < 4.78 is 16.3. The summed E-state index contributed by atoms with van der Waals surface area (Å²) in [4.78, 5) is 16.9. The van der Waals surface area contributed by atoms with Gasteiger partial charge in [0.1, 0.15) is 17.5 Å². The smallest absolute Gasteiger partial charge is 0.244 e. The lowest BCUT2D eigenvalue weighted by molar-refractivity contribution is -0.135. The van der Waals surface area contributed by atoms with Gasteiger partial charge < -0.3 is 18.9 Å². The topological polar surface area (TPSA) is 68.0 Å². The summed E-state index contributed by atoms with van der Waals surface area (Å²) in [5, 5.41) is 4.23. The first kappa shape index (κ1) is 17.9. The summed E-state index contributed by atoms with van der Waals surface area (Å²) in [6.45, 7) is 0.670. The number of aromatic nitrogens is 1. The van der Waals surface area contributed by atoms with E-state index >= 15 is 0 Å². The number of carbonyl (C=O) groups excluding carboxylic acids is 1. The summed E-state index contributed by atoms with van der Waals surface area (Å²) in [5.74, 6) is 2.38. The maximum atomic E-state index is 13.2. The van der Waals surface area contributed by atoms with Crippen LogP contribution in [0, 0.1) is 0 Å². The standard InChI is InChI=1S/C20H25N3O4/c1-22(2)19(13-8-9-17-18(10-13)26-12-25-17)20(24)23(3)11-15-14-6-4-5-7-16(14)27-21-15/h8-10,19H,4-7,11-12H2,1-3H3/t19-/m0/s1. The fourth-order valence-corrected chi connectivity index (χ4v) is 3.83. The van der Waals surface area contributed by atoms with E-state index in [0.717, 1.165) is 42.7 Å². The van der Waals surface area contributed by atoms with Crippen molar-refractivity contribution >= 4 is 5.91 Å². The van der Waals surface area contributed by atoms with Gasteiger partial charge in [-0.25, -0.2) is 0 Å². The predicted octanol–water partition coefficient (Wildman–Crippen LogP) is 2.54. The first-order valence-corrected chi connectivity index (χ1v) is 9.32. The minimum absolute atomic E-state index is 0.00595. The average molecular weight is 371 g/mol. The van der Waals surface area contributed by atoms with E-state index in [1.54, 1.807) is 4.90 Å². The molecule has 1 atom stereocenters. The summed E-state index contributed by atoms with van der Waals surface area (Å²) in [6, 6.07) is 5.25. The van der Waals surface area contributed by atoms with Crippen LogP contribution in [-0.4, -0.2) is 48.8 Å². The Hall–Kier alpha value is -2.54. The van der Waals surface area contributed by atoms with Crippen molar-refractivity contribution in [3.8, 4) is 11.5 Å². The third kappa shape index (κ3) is 3.39. The van der Waals surface area contributed by atoms with Crippen molar-refractivity contribution < 1.29 is 18.8 Å². The van der Waals surface area contributed by atoms with Crippen LogP contribution in [-0.2, 0) is 24.2 Å². The quantitative estimate of drug-likeness (QED) is 0.805. The molecule has 2 aromatic rings. The van der Waals surface area contributed by atoms with Crippen LogP contribution in [0.3, 0.4) is 0 Å². The van der Waals surface area contributed by atoms with Crippen LogP contribution in [0.25, 0.3) is 0 Å². The largest absolute Gasteiger partial charge is 0.454 e. The van der Waals surface area contributed by atoms with Crippen molar-refractivity contribution in [2.75, 3.05) is 27.9 Å². The first-order valence-electron chi connectivity index (χ1n) is 9.32. The lowest BCUT2D eigenvalue weighted by Crippen LogP contribution is -2.38. The van der Waals surface area contributed by atoms with Gasteiger partial charge in [0, 0.05) is 19.0 Å². The molecule has 0 fully saturated rings. The second kappa shape index (κ2) is 7.23. The van der Waals surface area contributed by atoms with Crippen molar-refractivity contribution in [3.63, 3.8) is 0 Å². The van der Waals surface area contributed by atoms with Crippen molar-refractivity contribution in [2.45, 2.75) is 38.3 Å². The molecule has 2 heterocycles. The summed E-state index contributed by atoms with van der Waals surface area (Å²) in [5.41, 5.74) is 2.94. The molecule has 1 aliphatic carbocycles. The average Bonchev–Trinajstić information content (AvgIpc) is 3.28. The number of ether oxygens (including phenoxy) is 2. The number of hydrogen-bond donors (Lipinski definition) is 0. The molecule has 0 saturated heterocycles. The molecule has 1 aromatic heterocycles. The Kier molecular flexibility index (Phi) is 4.78. The molecular weight excluding hydrogens is 346 g/mol. The highest BCUT2D eigenvalue weighted by Gasteiger charge is 2.29. The Bertz CT molecular complexity index is 846. The van der Waals surface area contributed by atoms with Gasteiger partial charge in [-0.3, -0.25) is 9.69 Å². The normalized spacial score (nSPS) is 16.3. The summed E-state index contributed by atoms with van der Waals surface area (Å²) in [6.07, 6.45) is 4.21. The highest BCUT2D eigenvalue weighted by molar-refractivity contribution is 5.83. The Morgan fingerprint density at radius 2 is 1.93 bits per heavy atom. The number of hydrogen-bond acceptors (Lipinski definition) is 6. The van der Waals surface area contributed by atoms with Crippen LogP contribution in [0.2, 0.25) is 0 Å². The number of nitrogens with zero attached hydrogens (tertiary/aromatic N) is 3. The van der Waals surface area contributed by atoms with E-state index in [9.17, 15) is 4.79 Å². The second-order valence-electron chi connectivity index (χ2n) is 7.41. The fraction of sp³-hybridized carbons (Fsp3) is 0.500. The molecule has 27 heavy (non-hydrogen) atoms. The Morgan fingerprint density at radius 3 is 2.74 bits per heavy atom. The van der Waals surface area contributed by atoms with Crippen LogP contribution in [0.1, 0.15) is 41.5 Å². The first-order chi connectivity index (χ1) is 13.0. The Balaban J connectivity index is 1.54. The van der Waals surface area contributed by atoms with Crippen molar-refractivity contribution in [1.82, 2.24) is 15.0 Å². The molecule has 1 aliphatic heterocycles. The van der Waals surface area contributed by atoms with Gasteiger partial charge in [0.05, 0.1) is 6.54 Å². The SMILES string of the molecule is CN(Cc1noc2c1CCCC2)C(=O)[C@H](c1ccc2c(c1)OCO2)N(C)C. The molecular formula is C20H25N3O4. The van der Waals surface area contributed by atoms with E-state index in [-0.39, 0.29) is 12.7 Å². The van der Waals surface area contributed by atoms with Gasteiger partial charge in [0.2, 0.25) is 12.7 Å². The van der Waals surface area contributed by atoms with Crippen molar-refractivity contribution in [2.24, 2.45) is 0 Å². The summed E-state index contributed by atoms with van der Waals surface area (Å²) in [7, 11) is 5.62. The van der Waals surface area contributed by atoms with Crippen LogP contribution in [0.15, 0.2) is 22.7 Å². The number of aryl methyl sites for hydroxylation is 1. The fourth-order valence-electron chi connectivity index (χ4n) is 3.83. The monoisotopic (exact) mass is 371 g/mol. The third-order valence-electron chi connectivity index (χ3n) is 5.26. The molecule has 7 heteroatoms. The maximum absolute atomic E-state index is 13.2. The van der Waals surface area contributed by atoms with Gasteiger partial charge >= 0.3 is 0 Å². The van der Waals surface area contributed by atoms with Crippen LogP contribution < -0.4 is 9.47 Å². The van der Waals surface area contributed by atoms with E-state index in [1.807, 2.05) is 44.2 Å². The van der Waals surface area contributed by atoms with Crippen LogP contribution >= 0.6 is 0 Å². The van der Waals surface area contributed by atoms with Gasteiger partial charge in [-0.15, -0.1) is 0 Å². The van der Waals surface area contributed by atoms with Gasteiger partial charge in [-0.05, 0) is 51.1 Å². The van der Waals surface area contributed by atoms with E-state index in [0.29, 0.717) is 18.0 Å². The molecule has 144 valence electrons. The molecule has 0 N–H and O–H groups in total. The number of likely N-dealkylation sites (N-methyl/N-ethyl adjacent to an activating group) is 2. The molecule has 0 bridgehead atoms. The van der Waals surface area contributed by atoms with E-state index in [2.05, 4.69) is 5.16 Å². The van der Waals surface area contributed by atoms with Crippen molar-refractivity contribution in [3.05, 3.63) is 40.8 Å². The maximum Gasteiger partial charge on any atom is 0.244 e. The second-order valence-corrected chi connectivity index (χ2v) is 7.41. The van der Waals surface area contributed by atoms with E-state index in [4.69, 9.17) is 14.0 Å². The van der Waals surface area contributed by atoms with E-state index in [1.165, 1.54) is 5.56 Å². The Labute approximate surface area is 158 Å². The summed E-state index contributed by atoms with van der Waals surface area (Å²) >= 11 is 0. The Morgan fingerprint density at radius 1 is 1.15 bits per heavy atom. The molecule has 1 amide bonds. The van der Waals surface area contributed by atoms with Crippen molar-refractivity contribution in [1.29, 1.82) is 0 Å². The zero-order valence-electron chi connectivity index (χ0n) is 16.0. The van der Waals surface area contributed by atoms with Crippen LogP contribution in [0.5, 0.6) is 11.5 Å². The lowest BCUT2D eigenvalue weighted by Gasteiger charge is -2.28. The lowest BCUT2D eigenvalue weighted by atomic mass is 9.96. The molecule has 0 spiro atoms. The highest BCUT2D eigenvalue weighted by atomic mass is 16.7. The molecule has 0 saturated carbocycles. The van der Waals surface area contributed by atoms with Gasteiger partial charge in [0.25, 0.3) is 0 Å². The molecule has 0 radical (unpaired) electrons. The van der Waals surface area contributed by atoms with Gasteiger partial charge in [0.15, 0.2) is 11.5 Å². The number of amides is 1. The highest BCUT2D eigenvalue weighted by Crippen LogP contribution is 2.35. The zero-order valence-corrected chi connectivity index (χ0v) is 16.0. The number of benzene rings is 1. The zero-order chi connectivity index (χ0) is 19.0. The molecule has 7 nitrogen and oxygen atoms in total.